The molecule has 0 aliphatic rings. The first-order valence-corrected chi connectivity index (χ1v) is 4.80. The summed E-state index contributed by atoms with van der Waals surface area (Å²) in [4.78, 5) is 10.9. The van der Waals surface area contributed by atoms with E-state index in [9.17, 15) is 4.79 Å². The number of unbranched alkanes of at least 4 members (excludes halogenated alkanes) is 1. The van der Waals surface area contributed by atoms with Crippen LogP contribution in [-0.4, -0.2) is 31.3 Å². The number of carbonyl (C=O) groups is 1. The van der Waals surface area contributed by atoms with Crippen molar-refractivity contribution in [2.24, 2.45) is 0 Å². The smallest absolute Gasteiger partial charge is 0.480 e. The molecule has 78 valence electrons. The summed E-state index contributed by atoms with van der Waals surface area (Å²) >= 11 is 4.83. The van der Waals surface area contributed by atoms with Gasteiger partial charge in [-0.3, -0.25) is 0 Å². The average Bonchev–Trinajstić information content (AvgIpc) is 2.52. The van der Waals surface area contributed by atoms with Gasteiger partial charge in [-0.15, -0.1) is 0 Å². The molecule has 1 aromatic heterocycles. The fourth-order valence-electron chi connectivity index (χ4n) is 1.17. The van der Waals surface area contributed by atoms with Crippen LogP contribution >= 0.6 is 12.2 Å². The van der Waals surface area contributed by atoms with Crippen LogP contribution in [0.3, 0.4) is 0 Å². The van der Waals surface area contributed by atoms with Crippen LogP contribution in [0.4, 0.5) is 0 Å². The topological polar surface area (TPSA) is 83.8 Å². The van der Waals surface area contributed by atoms with Crippen LogP contribution in [0.2, 0.25) is 0 Å². The summed E-state index contributed by atoms with van der Waals surface area (Å²) in [5, 5.41) is 18.4. The van der Waals surface area contributed by atoms with Crippen molar-refractivity contribution in [2.45, 2.75) is 32.2 Å². The van der Waals surface area contributed by atoms with Gasteiger partial charge >= 0.3 is 65.1 Å². The Labute approximate surface area is 143 Å². The van der Waals surface area contributed by atoms with Crippen LogP contribution in [-0.2, 0) is 4.79 Å². The van der Waals surface area contributed by atoms with Gasteiger partial charge in [-0.1, -0.05) is 30.1 Å². The fraction of sp³-hybridized carbons (Fsp3) is 0.714. The van der Waals surface area contributed by atoms with Crippen molar-refractivity contribution in [1.29, 1.82) is 0 Å². The summed E-state index contributed by atoms with van der Waals surface area (Å²) in [6.45, 7) is 2.00. The maximum absolute atomic E-state index is 10.9. The van der Waals surface area contributed by atoms with Crippen molar-refractivity contribution >= 4 is 18.2 Å². The van der Waals surface area contributed by atoms with E-state index in [0.29, 0.717) is 6.42 Å². The molecular weight excluding hydrogens is 250 g/mol. The number of aromatic amines is 1. The monoisotopic (exact) mass is 262 g/mol. The van der Waals surface area contributed by atoms with Gasteiger partial charge < -0.3 is 5.11 Å². The Morgan fingerprint density at radius 2 is 2.25 bits per heavy atom. The van der Waals surface area contributed by atoms with Gasteiger partial charge in [-0.25, -0.2) is 9.48 Å². The first-order valence-electron chi connectivity index (χ1n) is 4.39. The largest absolute Gasteiger partial charge is 1.00 e. The van der Waals surface area contributed by atoms with E-state index in [1.807, 2.05) is 6.92 Å². The predicted octanol–water partition coefficient (Wildman–Crippen LogP) is -4.84. The summed E-state index contributed by atoms with van der Waals surface area (Å²) in [6.07, 6.45) is 2.31. The molecule has 2 N–H and O–H groups in total. The molecule has 16 heavy (non-hydrogen) atoms. The summed E-state index contributed by atoms with van der Waals surface area (Å²) < 4.78 is 1.47. The van der Waals surface area contributed by atoms with Gasteiger partial charge in [0.2, 0.25) is 4.77 Å². The standard InChI is InChI=1S/C7H12N4O2S.2Na/c1-2-3-4-5(6(12)13)11-7(14)8-9-10-11;;/h5H,2-4H2,1H3,(H,12,13)(H,8,10,14);;/q;2*+1. The van der Waals surface area contributed by atoms with Crippen LogP contribution < -0.4 is 59.1 Å². The second-order valence-corrected chi connectivity index (χ2v) is 3.31. The summed E-state index contributed by atoms with van der Waals surface area (Å²) in [7, 11) is 0. The zero-order chi connectivity index (χ0) is 10.6. The Morgan fingerprint density at radius 1 is 1.62 bits per heavy atom. The number of nitrogens with one attached hydrogen (secondary N) is 1. The SMILES string of the molecule is CCCCC(C(=O)O)n1[nH]nnc1=S.[Na+].[Na+]. The van der Waals surface area contributed by atoms with E-state index in [1.54, 1.807) is 0 Å². The Balaban J connectivity index is 0. The molecule has 1 rings (SSSR count). The predicted molar refractivity (Wildman–Crippen MR) is 51.4 cm³/mol. The van der Waals surface area contributed by atoms with Gasteiger partial charge in [0.1, 0.15) is 0 Å². The molecule has 0 bridgehead atoms. The van der Waals surface area contributed by atoms with E-state index in [1.165, 1.54) is 4.68 Å². The normalized spacial score (nSPS) is 11.1. The number of H-pyrrole nitrogens is 1. The zero-order valence-corrected chi connectivity index (χ0v) is 14.6. The Kier molecular flexibility index (Phi) is 11.7. The van der Waals surface area contributed by atoms with Crippen molar-refractivity contribution in [1.82, 2.24) is 20.2 Å². The van der Waals surface area contributed by atoms with Gasteiger partial charge in [0, 0.05) is 0 Å². The molecule has 0 aromatic carbocycles. The molecule has 0 saturated carbocycles. The number of tetrazole rings is 1. The molecule has 0 aliphatic heterocycles. The number of carboxylic acid groups (broad SMARTS) is 1. The van der Waals surface area contributed by atoms with E-state index in [4.69, 9.17) is 17.3 Å². The first-order chi connectivity index (χ1) is 6.66. The van der Waals surface area contributed by atoms with E-state index in [2.05, 4.69) is 15.5 Å². The number of aliphatic carboxylic acids is 1. The van der Waals surface area contributed by atoms with Gasteiger partial charge in [0.05, 0.1) is 0 Å². The Morgan fingerprint density at radius 3 is 2.62 bits per heavy atom. The van der Waals surface area contributed by atoms with Crippen molar-refractivity contribution < 1.29 is 69.0 Å². The number of rotatable bonds is 5. The molecule has 0 spiro atoms. The summed E-state index contributed by atoms with van der Waals surface area (Å²) in [6, 6.07) is -0.683. The van der Waals surface area contributed by atoms with Crippen LogP contribution in [0.15, 0.2) is 0 Å². The second kappa shape index (κ2) is 9.76. The van der Waals surface area contributed by atoms with Crippen molar-refractivity contribution in [3.63, 3.8) is 0 Å². The Bertz CT molecular complexity index is 367. The molecule has 1 heterocycles. The maximum Gasteiger partial charge on any atom is 1.00 e. The van der Waals surface area contributed by atoms with Crippen LogP contribution in [0.25, 0.3) is 0 Å². The zero-order valence-electron chi connectivity index (χ0n) is 9.80. The fourth-order valence-corrected chi connectivity index (χ4v) is 1.38. The van der Waals surface area contributed by atoms with Crippen molar-refractivity contribution in [3.8, 4) is 0 Å². The molecule has 0 saturated heterocycles. The van der Waals surface area contributed by atoms with Crippen LogP contribution in [0.5, 0.6) is 0 Å². The third-order valence-electron chi connectivity index (χ3n) is 1.92. The van der Waals surface area contributed by atoms with Gasteiger partial charge in [-0.05, 0) is 18.6 Å². The van der Waals surface area contributed by atoms with E-state index < -0.39 is 12.0 Å². The van der Waals surface area contributed by atoms with Crippen molar-refractivity contribution in [2.75, 3.05) is 0 Å². The molecule has 0 fully saturated rings. The first kappa shape index (κ1) is 19.1. The number of hydrogen-bond donors (Lipinski definition) is 2. The molecule has 6 nitrogen and oxygen atoms in total. The minimum Gasteiger partial charge on any atom is -0.480 e. The van der Waals surface area contributed by atoms with Crippen LogP contribution in [0.1, 0.15) is 32.2 Å². The number of carboxylic acids is 1. The minimum atomic E-state index is -0.916. The maximum atomic E-state index is 10.9. The van der Waals surface area contributed by atoms with E-state index >= 15 is 0 Å². The molecule has 0 radical (unpaired) electrons. The molecule has 1 aromatic rings. The third-order valence-corrected chi connectivity index (χ3v) is 2.20. The molecule has 0 amide bonds. The number of hydrogen-bond acceptors (Lipinski definition) is 4. The van der Waals surface area contributed by atoms with Crippen molar-refractivity contribution in [3.05, 3.63) is 4.77 Å². The molecule has 9 heteroatoms. The molecule has 0 aliphatic carbocycles. The van der Waals surface area contributed by atoms with Gasteiger partial charge in [-0.2, -0.15) is 5.21 Å². The quantitative estimate of drug-likeness (QED) is 0.411. The molecule has 1 unspecified atom stereocenters. The number of aromatic nitrogens is 4. The van der Waals surface area contributed by atoms with E-state index in [-0.39, 0.29) is 63.9 Å². The van der Waals surface area contributed by atoms with Gasteiger partial charge in [0.25, 0.3) is 0 Å². The van der Waals surface area contributed by atoms with E-state index in [0.717, 1.165) is 12.8 Å². The second-order valence-electron chi connectivity index (χ2n) is 2.95. The summed E-state index contributed by atoms with van der Waals surface area (Å²) in [5.74, 6) is -0.916. The van der Waals surface area contributed by atoms with Gasteiger partial charge in [0.15, 0.2) is 6.04 Å². The summed E-state index contributed by atoms with van der Waals surface area (Å²) in [5.41, 5.74) is 0. The minimum absolute atomic E-state index is 0. The Hall–Kier alpha value is 0.760. The van der Waals surface area contributed by atoms with Crippen LogP contribution in [0, 0.1) is 4.77 Å². The number of nitrogens with zero attached hydrogens (tertiary/aromatic N) is 3. The molecular formula is C7H12N4Na2O2S+2. The third kappa shape index (κ3) is 5.39. The molecule has 1 atom stereocenters. The average molecular weight is 262 g/mol.